The van der Waals surface area contributed by atoms with Crippen molar-refractivity contribution in [1.82, 2.24) is 10.6 Å². The molecule has 0 unspecified atom stereocenters. The van der Waals surface area contributed by atoms with E-state index in [1.54, 1.807) is 0 Å². The van der Waals surface area contributed by atoms with E-state index in [-0.39, 0.29) is 9.52 Å². The summed E-state index contributed by atoms with van der Waals surface area (Å²) in [6, 6.07) is 0. The third-order valence-corrected chi connectivity index (χ3v) is 0.866. The van der Waals surface area contributed by atoms with Gasteiger partial charge in [-0.15, -0.1) is 12.3 Å². The fourth-order valence-electron chi connectivity index (χ4n) is 0. The average molecular weight is 162 g/mol. The highest BCUT2D eigenvalue weighted by Crippen LogP contribution is 1.48. The second kappa shape index (κ2) is 36.6. The lowest BCUT2D eigenvalue weighted by Gasteiger charge is -1.59. The van der Waals surface area contributed by atoms with Gasteiger partial charge in [-0.2, -0.15) is 0 Å². The summed E-state index contributed by atoms with van der Waals surface area (Å²) >= 11 is 0. The van der Waals surface area contributed by atoms with Crippen LogP contribution < -0.4 is 10.6 Å². The van der Waals surface area contributed by atoms with Gasteiger partial charge in [-0.1, -0.05) is 6.55 Å². The van der Waals surface area contributed by atoms with E-state index in [1.165, 1.54) is 0 Å². The molecule has 0 bridgehead atoms. The van der Waals surface area contributed by atoms with E-state index in [9.17, 15) is 0 Å². The Bertz CT molecular complexity index is 38.6. The topological polar surface area (TPSA) is 24.1 Å². The normalized spacial score (nSPS) is 7.30. The standard InChI is InChI=1S/C3H8Si.2C2H7N/c1-3-4-2;2*1-3-2/h3H,1,4H2,2H3;2*3H,1-2H3. The molecule has 0 aromatic carbocycles. The van der Waals surface area contributed by atoms with Crippen molar-refractivity contribution < 1.29 is 0 Å². The van der Waals surface area contributed by atoms with Crippen molar-refractivity contribution in [2.24, 2.45) is 0 Å². The zero-order valence-corrected chi connectivity index (χ0v) is 9.41. The molecule has 0 rings (SSSR count). The van der Waals surface area contributed by atoms with Crippen molar-refractivity contribution in [3.8, 4) is 0 Å². The largest absolute Gasteiger partial charge is 0.323 e. The Morgan fingerprint density at radius 3 is 1.20 bits per heavy atom. The summed E-state index contributed by atoms with van der Waals surface area (Å²) in [5.41, 5.74) is 2.01. The summed E-state index contributed by atoms with van der Waals surface area (Å²) in [5, 5.41) is 5.50. The van der Waals surface area contributed by atoms with E-state index < -0.39 is 0 Å². The van der Waals surface area contributed by atoms with Gasteiger partial charge in [-0.3, -0.25) is 0 Å². The van der Waals surface area contributed by atoms with Crippen LogP contribution in [0.2, 0.25) is 6.55 Å². The van der Waals surface area contributed by atoms with E-state index in [0.29, 0.717) is 0 Å². The number of hydrogen-bond acceptors (Lipinski definition) is 2. The lowest BCUT2D eigenvalue weighted by Crippen LogP contribution is -1.89. The zero-order chi connectivity index (χ0) is 8.83. The van der Waals surface area contributed by atoms with E-state index in [2.05, 4.69) is 23.8 Å². The van der Waals surface area contributed by atoms with Gasteiger partial charge in [0.2, 0.25) is 0 Å². The first-order valence-electron chi connectivity index (χ1n) is 3.52. The van der Waals surface area contributed by atoms with Gasteiger partial charge < -0.3 is 10.6 Å². The molecular weight excluding hydrogens is 140 g/mol. The van der Waals surface area contributed by atoms with Crippen LogP contribution >= 0.6 is 0 Å². The molecule has 0 radical (unpaired) electrons. The van der Waals surface area contributed by atoms with Gasteiger partial charge in [-0.05, 0) is 28.2 Å². The molecule has 0 aliphatic rings. The molecule has 0 fully saturated rings. The third-order valence-electron chi connectivity index (χ3n) is 0.289. The highest BCUT2D eigenvalue weighted by Gasteiger charge is 1.48. The van der Waals surface area contributed by atoms with Crippen LogP contribution in [0.1, 0.15) is 0 Å². The van der Waals surface area contributed by atoms with Crippen LogP contribution in [0.4, 0.5) is 0 Å². The molecule has 0 aromatic heterocycles. The highest BCUT2D eigenvalue weighted by molar-refractivity contribution is 6.39. The fourth-order valence-corrected chi connectivity index (χ4v) is 0. The lowest BCUT2D eigenvalue weighted by atomic mass is 11.3. The molecule has 0 aliphatic heterocycles. The Kier molecular flexibility index (Phi) is 60.3. The molecule has 0 aliphatic carbocycles. The molecule has 3 heteroatoms. The molecule has 0 saturated carbocycles. The van der Waals surface area contributed by atoms with Gasteiger partial charge in [0.1, 0.15) is 0 Å². The molecule has 0 heterocycles. The Morgan fingerprint density at radius 1 is 1.10 bits per heavy atom. The maximum absolute atomic E-state index is 3.54. The van der Waals surface area contributed by atoms with Gasteiger partial charge >= 0.3 is 0 Å². The minimum absolute atomic E-state index is 0.188. The summed E-state index contributed by atoms with van der Waals surface area (Å²) in [6.07, 6.45) is 0. The van der Waals surface area contributed by atoms with Crippen molar-refractivity contribution in [1.29, 1.82) is 0 Å². The highest BCUT2D eigenvalue weighted by atomic mass is 28.2. The predicted octanol–water partition coefficient (Wildman–Crippen LogP) is 0.0180. The van der Waals surface area contributed by atoms with E-state index in [4.69, 9.17) is 0 Å². The van der Waals surface area contributed by atoms with Crippen molar-refractivity contribution in [3.05, 3.63) is 12.3 Å². The monoisotopic (exact) mass is 162 g/mol. The van der Waals surface area contributed by atoms with Crippen molar-refractivity contribution >= 4 is 9.52 Å². The molecule has 0 amide bonds. The molecule has 0 aromatic rings. The molecule has 0 spiro atoms. The Labute approximate surface area is 67.9 Å². The van der Waals surface area contributed by atoms with E-state index in [1.807, 2.05) is 33.9 Å². The number of rotatable bonds is 1. The number of hydrogen-bond donors (Lipinski definition) is 2. The molecule has 2 N–H and O–H groups in total. The van der Waals surface area contributed by atoms with Crippen molar-refractivity contribution in [2.45, 2.75) is 6.55 Å². The van der Waals surface area contributed by atoms with Crippen molar-refractivity contribution in [2.75, 3.05) is 28.2 Å². The SMILES string of the molecule is C=C[SiH2]C.CNC.CNC. The van der Waals surface area contributed by atoms with Crippen LogP contribution in [0.25, 0.3) is 0 Å². The summed E-state index contributed by atoms with van der Waals surface area (Å²) in [7, 11) is 7.69. The molecular formula is C7H22N2Si. The second-order valence-corrected chi connectivity index (χ2v) is 3.09. The quantitative estimate of drug-likeness (QED) is 0.531. The summed E-state index contributed by atoms with van der Waals surface area (Å²) in [6.45, 7) is 5.74. The Morgan fingerprint density at radius 2 is 1.20 bits per heavy atom. The first-order chi connectivity index (χ1) is 4.74. The molecule has 64 valence electrons. The number of nitrogens with one attached hydrogen (secondary N) is 2. The average Bonchev–Trinajstić information content (AvgIpc) is 1.91. The summed E-state index contributed by atoms with van der Waals surface area (Å²) in [5.74, 6) is 0. The van der Waals surface area contributed by atoms with E-state index >= 15 is 0 Å². The lowest BCUT2D eigenvalue weighted by molar-refractivity contribution is 1.02. The van der Waals surface area contributed by atoms with Crippen molar-refractivity contribution in [3.63, 3.8) is 0 Å². The first-order valence-corrected chi connectivity index (χ1v) is 5.75. The first kappa shape index (κ1) is 16.5. The minimum Gasteiger partial charge on any atom is -0.323 e. The van der Waals surface area contributed by atoms with Crippen LogP contribution in [0.5, 0.6) is 0 Å². The van der Waals surface area contributed by atoms with Crippen LogP contribution in [-0.2, 0) is 0 Å². The van der Waals surface area contributed by atoms with Gasteiger partial charge in [0, 0.05) is 9.52 Å². The van der Waals surface area contributed by atoms with Gasteiger partial charge in [0.05, 0.1) is 0 Å². The maximum atomic E-state index is 3.54. The molecule has 0 saturated heterocycles. The van der Waals surface area contributed by atoms with Gasteiger partial charge in [0.15, 0.2) is 0 Å². The molecule has 0 atom stereocenters. The fraction of sp³-hybridized carbons (Fsp3) is 0.714. The van der Waals surface area contributed by atoms with Gasteiger partial charge in [-0.25, -0.2) is 0 Å². The van der Waals surface area contributed by atoms with Crippen LogP contribution in [-0.4, -0.2) is 37.7 Å². The smallest absolute Gasteiger partial charge is 0.0415 e. The third kappa shape index (κ3) is 484. The van der Waals surface area contributed by atoms with Gasteiger partial charge in [0.25, 0.3) is 0 Å². The van der Waals surface area contributed by atoms with Crippen LogP contribution in [0, 0.1) is 0 Å². The molecule has 10 heavy (non-hydrogen) atoms. The van der Waals surface area contributed by atoms with E-state index in [0.717, 1.165) is 0 Å². The predicted molar refractivity (Wildman–Crippen MR) is 54.6 cm³/mol. The Balaban J connectivity index is -0.0000000750. The van der Waals surface area contributed by atoms with Crippen LogP contribution in [0.15, 0.2) is 12.3 Å². The van der Waals surface area contributed by atoms with Crippen LogP contribution in [0.3, 0.4) is 0 Å². The maximum Gasteiger partial charge on any atom is 0.0415 e. The summed E-state index contributed by atoms with van der Waals surface area (Å²) in [4.78, 5) is 0. The zero-order valence-electron chi connectivity index (χ0n) is 7.99. The second-order valence-electron chi connectivity index (χ2n) is 1.70. The molecule has 2 nitrogen and oxygen atoms in total. The summed E-state index contributed by atoms with van der Waals surface area (Å²) < 4.78 is 0. The Hall–Kier alpha value is -0.123. The minimum atomic E-state index is 0.188.